The molecule has 1 N–H and O–H groups in total. The number of benzene rings is 2. The van der Waals surface area contributed by atoms with Crippen molar-refractivity contribution in [2.24, 2.45) is 0 Å². The van der Waals surface area contributed by atoms with Gasteiger partial charge in [-0.15, -0.1) is 11.3 Å². The number of aromatic nitrogens is 2. The van der Waals surface area contributed by atoms with Crippen molar-refractivity contribution < 1.29 is 14.1 Å². The Bertz CT molecular complexity index is 1160. The zero-order chi connectivity index (χ0) is 21.2. The minimum atomic E-state index is -0.269. The first-order valence-electron chi connectivity index (χ1n) is 9.95. The van der Waals surface area contributed by atoms with Crippen LogP contribution < -0.4 is 10.2 Å². The van der Waals surface area contributed by atoms with Crippen molar-refractivity contribution in [1.82, 2.24) is 10.1 Å². The molecule has 0 unspecified atom stereocenters. The van der Waals surface area contributed by atoms with Crippen LogP contribution in [0.15, 0.2) is 65.2 Å². The van der Waals surface area contributed by atoms with Crippen LogP contribution in [-0.4, -0.2) is 22.8 Å². The van der Waals surface area contributed by atoms with E-state index in [9.17, 15) is 4.79 Å². The highest BCUT2D eigenvalue weighted by Gasteiger charge is 2.28. The summed E-state index contributed by atoms with van der Waals surface area (Å²) in [6, 6.07) is 18.8. The number of hydrogen-bond donors (Lipinski definition) is 1. The molecule has 31 heavy (non-hydrogen) atoms. The number of fused-ring (bicyclic) bond motifs is 1. The number of rotatable bonds is 4. The van der Waals surface area contributed by atoms with Crippen molar-refractivity contribution in [3.05, 3.63) is 76.9 Å². The molecule has 0 saturated carbocycles. The molecule has 0 spiro atoms. The molecule has 0 fully saturated rings. The molecule has 0 atom stereocenters. The zero-order valence-corrected chi connectivity index (χ0v) is 17.7. The fraction of sp³-hybridized carbons (Fsp3) is 0.174. The van der Waals surface area contributed by atoms with Crippen LogP contribution in [0.4, 0.5) is 21.2 Å². The van der Waals surface area contributed by atoms with E-state index in [1.165, 1.54) is 11.3 Å². The number of amides is 2. The molecule has 5 rings (SSSR count). The van der Waals surface area contributed by atoms with Crippen LogP contribution in [0.25, 0.3) is 11.5 Å². The lowest BCUT2D eigenvalue weighted by atomic mass is 10.1. The van der Waals surface area contributed by atoms with E-state index < -0.39 is 0 Å². The summed E-state index contributed by atoms with van der Waals surface area (Å²) in [5, 5.41) is 7.71. The van der Waals surface area contributed by atoms with Gasteiger partial charge in [0.05, 0.1) is 30.2 Å². The van der Waals surface area contributed by atoms with Gasteiger partial charge in [0.25, 0.3) is 5.89 Å². The predicted molar refractivity (Wildman–Crippen MR) is 120 cm³/mol. The molecule has 156 valence electrons. The van der Waals surface area contributed by atoms with E-state index in [1.54, 1.807) is 11.8 Å². The molecule has 7 nitrogen and oxygen atoms in total. The van der Waals surface area contributed by atoms with Crippen molar-refractivity contribution in [1.29, 1.82) is 0 Å². The number of carbonyl (C=O) groups excluding carboxylic acids is 1. The van der Waals surface area contributed by atoms with Crippen LogP contribution >= 0.6 is 11.3 Å². The van der Waals surface area contributed by atoms with Crippen molar-refractivity contribution in [3.63, 3.8) is 0 Å². The number of para-hydroxylation sites is 2. The monoisotopic (exact) mass is 432 g/mol. The third kappa shape index (κ3) is 3.83. The van der Waals surface area contributed by atoms with E-state index in [-0.39, 0.29) is 6.03 Å². The van der Waals surface area contributed by atoms with Gasteiger partial charge in [0, 0.05) is 4.88 Å². The van der Waals surface area contributed by atoms with Gasteiger partial charge in [0.1, 0.15) is 5.00 Å². The Morgan fingerprint density at radius 1 is 1.06 bits per heavy atom. The van der Waals surface area contributed by atoms with Gasteiger partial charge in [-0.05, 0) is 43.2 Å². The summed E-state index contributed by atoms with van der Waals surface area (Å²) in [5.74, 6) is 0.965. The molecule has 8 heteroatoms. The Hall–Kier alpha value is -3.49. The summed E-state index contributed by atoms with van der Waals surface area (Å²) in [4.78, 5) is 20.7. The van der Waals surface area contributed by atoms with Crippen LogP contribution in [0.5, 0.6) is 0 Å². The van der Waals surface area contributed by atoms with Crippen LogP contribution in [0, 0.1) is 6.92 Å². The number of nitrogens with one attached hydrogen (secondary N) is 1. The number of aryl methyl sites for hydroxylation is 1. The topological polar surface area (TPSA) is 80.5 Å². The van der Waals surface area contributed by atoms with E-state index in [2.05, 4.69) is 15.5 Å². The maximum absolute atomic E-state index is 13.5. The van der Waals surface area contributed by atoms with Crippen LogP contribution in [0.1, 0.15) is 16.3 Å². The summed E-state index contributed by atoms with van der Waals surface area (Å²) in [7, 11) is 0. The maximum atomic E-state index is 13.5. The Balaban J connectivity index is 1.55. The number of anilines is 3. The highest BCUT2D eigenvalue weighted by Crippen LogP contribution is 2.43. The van der Waals surface area contributed by atoms with Gasteiger partial charge >= 0.3 is 6.03 Å². The second kappa shape index (κ2) is 8.33. The second-order valence-electron chi connectivity index (χ2n) is 7.09. The quantitative estimate of drug-likeness (QED) is 0.457. The van der Waals surface area contributed by atoms with Gasteiger partial charge in [-0.3, -0.25) is 10.2 Å². The lowest BCUT2D eigenvalue weighted by Gasteiger charge is -2.23. The normalized spacial score (nSPS) is 12.9. The number of ether oxygens (including phenoxy) is 1. The van der Waals surface area contributed by atoms with Gasteiger partial charge in [0.15, 0.2) is 5.82 Å². The van der Waals surface area contributed by atoms with Crippen molar-refractivity contribution in [2.45, 2.75) is 20.0 Å². The third-order valence-corrected chi connectivity index (χ3v) is 6.13. The van der Waals surface area contributed by atoms with Crippen molar-refractivity contribution in [2.75, 3.05) is 16.8 Å². The molecule has 3 heterocycles. The molecule has 0 radical (unpaired) electrons. The highest BCUT2D eigenvalue weighted by atomic mass is 32.1. The molecule has 0 bridgehead atoms. The van der Waals surface area contributed by atoms with Gasteiger partial charge in [0.2, 0.25) is 0 Å². The van der Waals surface area contributed by atoms with E-state index in [0.29, 0.717) is 29.9 Å². The second-order valence-corrected chi connectivity index (χ2v) is 8.20. The largest absolute Gasteiger partial charge is 0.376 e. The lowest BCUT2D eigenvalue weighted by molar-refractivity contribution is 0.113. The molecule has 4 aromatic rings. The molecular weight excluding hydrogens is 412 g/mol. The first kappa shape index (κ1) is 19.5. The molecule has 0 aliphatic carbocycles. The number of nitrogens with zero attached hydrogens (tertiary/aromatic N) is 3. The van der Waals surface area contributed by atoms with Gasteiger partial charge in [-0.1, -0.05) is 41.6 Å². The Kier molecular flexibility index (Phi) is 5.23. The van der Waals surface area contributed by atoms with Gasteiger partial charge in [-0.25, -0.2) is 4.79 Å². The minimum Gasteiger partial charge on any atom is -0.376 e. The summed E-state index contributed by atoms with van der Waals surface area (Å²) >= 11 is 1.49. The van der Waals surface area contributed by atoms with E-state index in [1.807, 2.05) is 60.7 Å². The summed E-state index contributed by atoms with van der Waals surface area (Å²) in [6.07, 6.45) is 0.736. The number of carbonyl (C=O) groups is 1. The molecule has 0 saturated heterocycles. The molecular formula is C23H20N4O3S. The van der Waals surface area contributed by atoms with E-state index >= 15 is 0 Å². The van der Waals surface area contributed by atoms with E-state index in [0.717, 1.165) is 33.8 Å². The number of hydrogen-bond acceptors (Lipinski definition) is 6. The third-order valence-electron chi connectivity index (χ3n) is 5.01. The molecule has 1 aliphatic heterocycles. The molecule has 2 aromatic heterocycles. The fourth-order valence-corrected chi connectivity index (χ4v) is 4.80. The number of urea groups is 1. The highest BCUT2D eigenvalue weighted by molar-refractivity contribution is 7.17. The van der Waals surface area contributed by atoms with Gasteiger partial charge < -0.3 is 9.26 Å². The zero-order valence-electron chi connectivity index (χ0n) is 16.9. The summed E-state index contributed by atoms with van der Waals surface area (Å²) in [6.45, 7) is 2.91. The Morgan fingerprint density at radius 2 is 1.74 bits per heavy atom. The van der Waals surface area contributed by atoms with Crippen LogP contribution in [0.2, 0.25) is 0 Å². The first-order valence-corrected chi connectivity index (χ1v) is 10.8. The Labute approximate surface area is 183 Å². The Morgan fingerprint density at radius 3 is 2.35 bits per heavy atom. The SMILES string of the molecule is Cc1noc(-c2c(NC(=O)N(c3ccccc3)c3ccccc3)sc3c2CCOC3)n1. The van der Waals surface area contributed by atoms with E-state index in [4.69, 9.17) is 9.26 Å². The predicted octanol–water partition coefficient (Wildman–Crippen LogP) is 5.55. The van der Waals surface area contributed by atoms with Crippen molar-refractivity contribution in [3.8, 4) is 11.5 Å². The molecule has 2 amide bonds. The number of thiophene rings is 1. The molecule has 2 aromatic carbocycles. The average Bonchev–Trinajstić information content (AvgIpc) is 3.38. The van der Waals surface area contributed by atoms with Crippen molar-refractivity contribution >= 4 is 33.7 Å². The van der Waals surface area contributed by atoms with Gasteiger partial charge in [-0.2, -0.15) is 4.98 Å². The minimum absolute atomic E-state index is 0.269. The average molecular weight is 433 g/mol. The summed E-state index contributed by atoms with van der Waals surface area (Å²) < 4.78 is 11.1. The first-order chi connectivity index (χ1) is 15.2. The van der Waals surface area contributed by atoms with Crippen LogP contribution in [0.3, 0.4) is 0 Å². The maximum Gasteiger partial charge on any atom is 0.331 e. The summed E-state index contributed by atoms with van der Waals surface area (Å²) in [5.41, 5.74) is 3.43. The standard InChI is InChI=1S/C23H20N4O3S/c1-15-24-21(30-26-15)20-18-12-13-29-14-19(18)31-22(20)25-23(28)27(16-8-4-2-5-9-16)17-10-6-3-7-11-17/h2-11H,12-14H2,1H3,(H,25,28). The fourth-order valence-electron chi connectivity index (χ4n) is 3.64. The van der Waals surface area contributed by atoms with Crippen LogP contribution in [-0.2, 0) is 17.8 Å². The smallest absolute Gasteiger partial charge is 0.331 e. The molecule has 1 aliphatic rings. The lowest BCUT2D eigenvalue weighted by Crippen LogP contribution is -2.30.